The highest BCUT2D eigenvalue weighted by Crippen LogP contribution is 2.34. The molecule has 27 heavy (non-hydrogen) atoms. The van der Waals surface area contributed by atoms with Crippen molar-refractivity contribution < 1.29 is 4.74 Å². The first-order chi connectivity index (χ1) is 12.7. The van der Waals surface area contributed by atoms with Gasteiger partial charge in [-0.1, -0.05) is 34.1 Å². The zero-order valence-corrected chi connectivity index (χ0v) is 18.9. The molecule has 6 heteroatoms. The molecule has 1 aliphatic rings. The molecule has 0 radical (unpaired) electrons. The number of ether oxygens (including phenoxy) is 1. The lowest BCUT2D eigenvalue weighted by molar-refractivity contribution is 0.299. The molecule has 2 heterocycles. The van der Waals surface area contributed by atoms with Crippen molar-refractivity contribution in [2.45, 2.75) is 25.2 Å². The Morgan fingerprint density at radius 3 is 2.81 bits per heavy atom. The largest absolute Gasteiger partial charge is 0.492 e. The van der Waals surface area contributed by atoms with E-state index in [2.05, 4.69) is 66.4 Å². The molecule has 0 aliphatic carbocycles. The number of fused-ring (bicyclic) bond motifs is 3. The molecule has 0 bridgehead atoms. The molecule has 4 rings (SSSR count). The third-order valence-electron chi connectivity index (χ3n) is 5.03. The van der Waals surface area contributed by atoms with E-state index in [1.54, 1.807) is 0 Å². The van der Waals surface area contributed by atoms with Gasteiger partial charge in [0.05, 0.1) is 11.1 Å². The molecule has 0 saturated carbocycles. The molecule has 144 valence electrons. The van der Waals surface area contributed by atoms with Crippen LogP contribution < -0.4 is 10.1 Å². The maximum atomic E-state index is 5.98. The van der Waals surface area contributed by atoms with Crippen LogP contribution in [0.3, 0.4) is 0 Å². The summed E-state index contributed by atoms with van der Waals surface area (Å²) in [6.07, 6.45) is 3.23. The summed E-state index contributed by atoms with van der Waals surface area (Å²) in [5, 5.41) is 4.98. The number of para-hydroxylation sites is 1. The third-order valence-corrected chi connectivity index (χ3v) is 6.14. The van der Waals surface area contributed by atoms with E-state index in [4.69, 9.17) is 4.74 Å². The molecule has 1 unspecified atom stereocenters. The minimum atomic E-state index is 0. The van der Waals surface area contributed by atoms with Gasteiger partial charge in [0.1, 0.15) is 5.75 Å². The van der Waals surface area contributed by atoms with Crippen molar-refractivity contribution in [2.75, 3.05) is 19.7 Å². The lowest BCUT2D eigenvalue weighted by atomic mass is 9.92. The summed E-state index contributed by atoms with van der Waals surface area (Å²) in [6.45, 7) is 2.81. The zero-order chi connectivity index (χ0) is 17.9. The van der Waals surface area contributed by atoms with E-state index >= 15 is 0 Å². The van der Waals surface area contributed by atoms with Gasteiger partial charge in [0.2, 0.25) is 0 Å². The summed E-state index contributed by atoms with van der Waals surface area (Å²) in [6, 6.07) is 14.7. The molecular formula is C21H23Br2ClN2O. The number of hydrogen-bond donors (Lipinski definition) is 2. The van der Waals surface area contributed by atoms with Crippen LogP contribution in [0.5, 0.6) is 5.75 Å². The van der Waals surface area contributed by atoms with Crippen molar-refractivity contribution in [1.29, 1.82) is 0 Å². The fourth-order valence-electron chi connectivity index (χ4n) is 3.83. The van der Waals surface area contributed by atoms with Crippen molar-refractivity contribution in [3.63, 3.8) is 0 Å². The summed E-state index contributed by atoms with van der Waals surface area (Å²) >= 11 is 7.03. The Balaban J connectivity index is 0.00000210. The predicted molar refractivity (Wildman–Crippen MR) is 121 cm³/mol. The molecule has 1 atom stereocenters. The summed E-state index contributed by atoms with van der Waals surface area (Å²) in [5.74, 6) is 1.43. The smallest absolute Gasteiger partial charge is 0.133 e. The first-order valence-corrected chi connectivity index (χ1v) is 10.7. The van der Waals surface area contributed by atoms with Crippen LogP contribution in [-0.2, 0) is 6.42 Å². The van der Waals surface area contributed by atoms with E-state index in [0.29, 0.717) is 5.92 Å². The number of hydrogen-bond acceptors (Lipinski definition) is 2. The van der Waals surface area contributed by atoms with Crippen LogP contribution >= 0.6 is 44.3 Å². The van der Waals surface area contributed by atoms with Gasteiger partial charge in [-0.15, -0.1) is 12.4 Å². The first-order valence-electron chi connectivity index (χ1n) is 9.10. The van der Waals surface area contributed by atoms with Gasteiger partial charge in [-0.2, -0.15) is 0 Å². The number of rotatable bonds is 5. The number of H-pyrrole nitrogens is 1. The Hall–Kier alpha value is -1.01. The van der Waals surface area contributed by atoms with E-state index in [9.17, 15) is 0 Å². The number of aromatic amines is 1. The van der Waals surface area contributed by atoms with Crippen molar-refractivity contribution in [3.05, 3.63) is 62.7 Å². The summed E-state index contributed by atoms with van der Waals surface area (Å²) in [7, 11) is 0. The topological polar surface area (TPSA) is 37.0 Å². The van der Waals surface area contributed by atoms with Crippen molar-refractivity contribution in [1.82, 2.24) is 10.3 Å². The van der Waals surface area contributed by atoms with E-state index < -0.39 is 0 Å². The van der Waals surface area contributed by atoms with Crippen LogP contribution in [0.4, 0.5) is 0 Å². The Morgan fingerprint density at radius 1 is 1.11 bits per heavy atom. The maximum Gasteiger partial charge on any atom is 0.133 e. The van der Waals surface area contributed by atoms with E-state index in [1.807, 2.05) is 18.2 Å². The van der Waals surface area contributed by atoms with Gasteiger partial charge in [0.25, 0.3) is 0 Å². The molecule has 0 spiro atoms. The molecule has 3 nitrogen and oxygen atoms in total. The van der Waals surface area contributed by atoms with E-state index in [-0.39, 0.29) is 12.4 Å². The predicted octanol–water partition coefficient (Wildman–Crippen LogP) is 6.20. The minimum absolute atomic E-state index is 0. The fraction of sp³-hybridized carbons (Fsp3) is 0.333. The molecule has 1 aliphatic heterocycles. The van der Waals surface area contributed by atoms with Gasteiger partial charge < -0.3 is 15.0 Å². The highest BCUT2D eigenvalue weighted by Gasteiger charge is 2.22. The summed E-state index contributed by atoms with van der Waals surface area (Å²) in [4.78, 5) is 3.63. The molecule has 1 aromatic heterocycles. The van der Waals surface area contributed by atoms with E-state index in [0.717, 1.165) is 53.7 Å². The third kappa shape index (κ3) is 4.70. The Morgan fingerprint density at radius 2 is 1.96 bits per heavy atom. The summed E-state index contributed by atoms with van der Waals surface area (Å²) < 4.78 is 8.01. The monoisotopic (exact) mass is 512 g/mol. The van der Waals surface area contributed by atoms with Gasteiger partial charge in [-0.05, 0) is 64.5 Å². The normalized spacial score (nSPS) is 16.4. The van der Waals surface area contributed by atoms with Crippen LogP contribution in [0.25, 0.3) is 10.9 Å². The SMILES string of the molecule is Brc1ccc(OCCCC2CNCCc3[nH]c4ccccc4c32)c(Br)c1.Cl. The van der Waals surface area contributed by atoms with Crippen LogP contribution in [0, 0.1) is 0 Å². The van der Waals surface area contributed by atoms with E-state index in [1.165, 1.54) is 22.2 Å². The van der Waals surface area contributed by atoms with Gasteiger partial charge in [-0.3, -0.25) is 0 Å². The molecule has 2 N–H and O–H groups in total. The quantitative estimate of drug-likeness (QED) is 0.398. The molecule has 0 amide bonds. The molecule has 0 fully saturated rings. The number of aromatic nitrogens is 1. The van der Waals surface area contributed by atoms with Gasteiger partial charge in [-0.25, -0.2) is 0 Å². The first kappa shape index (κ1) is 20.7. The standard InChI is InChI=1S/C21H22Br2N2O.ClH/c22-15-7-8-20(17(23)12-15)26-11-3-4-14-13-24-10-9-19-21(14)16-5-1-2-6-18(16)25-19;/h1-2,5-8,12,14,24-25H,3-4,9-11,13H2;1H. The van der Waals surface area contributed by atoms with Crippen LogP contribution in [0.2, 0.25) is 0 Å². The Bertz CT molecular complexity index is 912. The number of halogens is 3. The lowest BCUT2D eigenvalue weighted by Gasteiger charge is -2.17. The van der Waals surface area contributed by atoms with Gasteiger partial charge in [0.15, 0.2) is 0 Å². The maximum absolute atomic E-state index is 5.98. The highest BCUT2D eigenvalue weighted by molar-refractivity contribution is 9.11. The second kappa shape index (κ2) is 9.46. The Labute approximate surface area is 182 Å². The lowest BCUT2D eigenvalue weighted by Crippen LogP contribution is -2.20. The van der Waals surface area contributed by atoms with Crippen LogP contribution in [0.1, 0.15) is 30.0 Å². The molecule has 2 aromatic carbocycles. The molecular weight excluding hydrogens is 492 g/mol. The van der Waals surface area contributed by atoms with Gasteiger partial charge >= 0.3 is 0 Å². The molecule has 3 aromatic rings. The highest BCUT2D eigenvalue weighted by atomic mass is 79.9. The zero-order valence-electron chi connectivity index (χ0n) is 14.9. The van der Waals surface area contributed by atoms with Crippen molar-refractivity contribution in [3.8, 4) is 5.75 Å². The second-order valence-electron chi connectivity index (χ2n) is 6.78. The Kier molecular flexibility index (Phi) is 7.26. The van der Waals surface area contributed by atoms with Gasteiger partial charge in [0, 0.05) is 40.6 Å². The average molecular weight is 515 g/mol. The minimum Gasteiger partial charge on any atom is -0.492 e. The van der Waals surface area contributed by atoms with Crippen molar-refractivity contribution in [2.24, 2.45) is 0 Å². The average Bonchev–Trinajstić information content (AvgIpc) is 2.88. The van der Waals surface area contributed by atoms with Crippen LogP contribution in [0.15, 0.2) is 51.4 Å². The second-order valence-corrected chi connectivity index (χ2v) is 8.55. The fourth-order valence-corrected chi connectivity index (χ4v) is 4.99. The molecule has 0 saturated heterocycles. The van der Waals surface area contributed by atoms with Crippen molar-refractivity contribution >= 4 is 55.2 Å². The van der Waals surface area contributed by atoms with Crippen LogP contribution in [-0.4, -0.2) is 24.7 Å². The number of benzene rings is 2. The number of nitrogens with one attached hydrogen (secondary N) is 2. The summed E-state index contributed by atoms with van der Waals surface area (Å²) in [5.41, 5.74) is 4.17.